The van der Waals surface area contributed by atoms with Crippen LogP contribution in [0.3, 0.4) is 0 Å². The van der Waals surface area contributed by atoms with Gasteiger partial charge < -0.3 is 15.0 Å². The van der Waals surface area contributed by atoms with Crippen molar-refractivity contribution in [1.82, 2.24) is 10.2 Å². The van der Waals surface area contributed by atoms with E-state index in [0.29, 0.717) is 44.0 Å². The molecule has 1 unspecified atom stereocenters. The third-order valence-electron chi connectivity index (χ3n) is 5.42. The molecule has 30 heavy (non-hydrogen) atoms. The molecule has 7 heteroatoms. The van der Waals surface area contributed by atoms with Crippen LogP contribution in [0.2, 0.25) is 0 Å². The van der Waals surface area contributed by atoms with E-state index in [1.54, 1.807) is 19.2 Å². The maximum Gasteiger partial charge on any atom is 0.234 e. The summed E-state index contributed by atoms with van der Waals surface area (Å²) in [7, 11) is 1.61. The number of methoxy groups -OCH3 is 1. The lowest BCUT2D eigenvalue weighted by molar-refractivity contribution is -0.123. The van der Waals surface area contributed by atoms with Gasteiger partial charge in [0.25, 0.3) is 0 Å². The molecule has 0 radical (unpaired) electrons. The van der Waals surface area contributed by atoms with Crippen molar-refractivity contribution in [3.05, 3.63) is 59.4 Å². The molecule has 1 aliphatic rings. The van der Waals surface area contributed by atoms with E-state index in [0.717, 1.165) is 11.3 Å². The number of amides is 1. The summed E-state index contributed by atoms with van der Waals surface area (Å²) in [6, 6.07) is 12.1. The Morgan fingerprint density at radius 3 is 2.47 bits per heavy atom. The molecule has 0 aromatic heterocycles. The Kier molecular flexibility index (Phi) is 7.05. The molecule has 0 bridgehead atoms. The summed E-state index contributed by atoms with van der Waals surface area (Å²) < 4.78 is 19.8. The molecule has 3 rings (SSSR count). The number of hydrogen-bond donors (Lipinski definition) is 1. The summed E-state index contributed by atoms with van der Waals surface area (Å²) >= 11 is 0. The van der Waals surface area contributed by atoms with Gasteiger partial charge in [-0.3, -0.25) is 14.5 Å². The van der Waals surface area contributed by atoms with Crippen molar-refractivity contribution in [2.45, 2.75) is 19.9 Å². The van der Waals surface area contributed by atoms with Gasteiger partial charge in [-0.2, -0.15) is 0 Å². The van der Waals surface area contributed by atoms with Crippen LogP contribution in [0.25, 0.3) is 0 Å². The molecule has 1 atom stereocenters. The summed E-state index contributed by atoms with van der Waals surface area (Å²) in [5.41, 5.74) is 1.80. The Morgan fingerprint density at radius 2 is 1.83 bits per heavy atom. The first-order chi connectivity index (χ1) is 14.4. The number of anilines is 1. The minimum Gasteiger partial charge on any atom is -0.496 e. The van der Waals surface area contributed by atoms with E-state index in [-0.39, 0.29) is 23.5 Å². The van der Waals surface area contributed by atoms with Crippen molar-refractivity contribution in [3.63, 3.8) is 0 Å². The van der Waals surface area contributed by atoms with Gasteiger partial charge in [-0.05, 0) is 38.1 Å². The first kappa shape index (κ1) is 21.8. The zero-order valence-electron chi connectivity index (χ0n) is 17.7. The molecule has 6 nitrogen and oxygen atoms in total. The van der Waals surface area contributed by atoms with Crippen molar-refractivity contribution in [2.24, 2.45) is 0 Å². The molecule has 2 aromatic carbocycles. The van der Waals surface area contributed by atoms with Gasteiger partial charge in [0.1, 0.15) is 11.6 Å². The van der Waals surface area contributed by atoms with E-state index < -0.39 is 0 Å². The quantitative estimate of drug-likeness (QED) is 0.707. The highest BCUT2D eigenvalue weighted by Gasteiger charge is 2.22. The van der Waals surface area contributed by atoms with Gasteiger partial charge in [0.05, 0.1) is 25.4 Å². The van der Waals surface area contributed by atoms with Crippen LogP contribution in [0.4, 0.5) is 10.1 Å². The maximum absolute atomic E-state index is 14.4. The van der Waals surface area contributed by atoms with Crippen molar-refractivity contribution in [1.29, 1.82) is 0 Å². The van der Waals surface area contributed by atoms with Crippen molar-refractivity contribution in [3.8, 4) is 5.75 Å². The van der Waals surface area contributed by atoms with Crippen molar-refractivity contribution >= 4 is 17.4 Å². The van der Waals surface area contributed by atoms with E-state index in [1.165, 1.54) is 13.0 Å². The van der Waals surface area contributed by atoms with Crippen molar-refractivity contribution in [2.75, 3.05) is 44.7 Å². The summed E-state index contributed by atoms with van der Waals surface area (Å²) in [5, 5.41) is 3.02. The fraction of sp³-hybridized carbons (Fsp3) is 0.391. The number of piperazine rings is 1. The normalized spacial score (nSPS) is 15.5. The third kappa shape index (κ3) is 5.16. The van der Waals surface area contributed by atoms with E-state index in [4.69, 9.17) is 4.74 Å². The summed E-state index contributed by atoms with van der Waals surface area (Å²) in [5.74, 6) is 0.147. The average molecular weight is 413 g/mol. The van der Waals surface area contributed by atoms with E-state index >= 15 is 0 Å². The van der Waals surface area contributed by atoms with Crippen LogP contribution in [0.1, 0.15) is 35.8 Å². The molecule has 2 aromatic rings. The van der Waals surface area contributed by atoms with E-state index in [9.17, 15) is 14.0 Å². The van der Waals surface area contributed by atoms with Crippen LogP contribution >= 0.6 is 0 Å². The fourth-order valence-electron chi connectivity index (χ4n) is 3.72. The lowest BCUT2D eigenvalue weighted by Crippen LogP contribution is -2.50. The Morgan fingerprint density at radius 1 is 1.13 bits per heavy atom. The van der Waals surface area contributed by atoms with Gasteiger partial charge in [-0.1, -0.05) is 18.2 Å². The zero-order chi connectivity index (χ0) is 21.7. The first-order valence-electron chi connectivity index (χ1n) is 10.1. The zero-order valence-corrected chi connectivity index (χ0v) is 17.7. The Balaban J connectivity index is 1.52. The van der Waals surface area contributed by atoms with Gasteiger partial charge in [-0.15, -0.1) is 0 Å². The molecule has 0 saturated carbocycles. The summed E-state index contributed by atoms with van der Waals surface area (Å²) in [4.78, 5) is 27.9. The van der Waals surface area contributed by atoms with Crippen LogP contribution in [0.5, 0.6) is 5.75 Å². The molecular formula is C23H28FN3O3. The molecule has 1 amide bonds. The molecule has 1 fully saturated rings. The number of ketones is 1. The topological polar surface area (TPSA) is 61.9 Å². The second-order valence-corrected chi connectivity index (χ2v) is 7.52. The number of nitrogens with zero attached hydrogens (tertiary/aromatic N) is 2. The number of carbonyl (C=O) groups excluding carboxylic acids is 2. The lowest BCUT2D eigenvalue weighted by atomic mass is 10.1. The Hall–Kier alpha value is -2.93. The second kappa shape index (κ2) is 9.71. The number of ether oxygens (including phenoxy) is 1. The standard InChI is InChI=1S/C23H28FN3O3/c1-16(19-6-4-5-7-22(19)30-3)25-23(29)15-26-10-12-27(13-11-26)21-9-8-18(17(2)28)14-20(21)24/h4-9,14,16H,10-13,15H2,1-3H3,(H,25,29). The monoisotopic (exact) mass is 413 g/mol. The van der Waals surface area contributed by atoms with Crippen LogP contribution in [0.15, 0.2) is 42.5 Å². The largest absolute Gasteiger partial charge is 0.496 e. The number of halogens is 1. The fourth-order valence-corrected chi connectivity index (χ4v) is 3.72. The molecule has 1 N–H and O–H groups in total. The SMILES string of the molecule is COc1ccccc1C(C)NC(=O)CN1CCN(c2ccc(C(C)=O)cc2F)CC1. The van der Waals surface area contributed by atoms with Gasteiger partial charge in [0, 0.05) is 37.3 Å². The van der Waals surface area contributed by atoms with Crippen LogP contribution < -0.4 is 15.0 Å². The number of hydrogen-bond acceptors (Lipinski definition) is 5. The van der Waals surface area contributed by atoms with Crippen LogP contribution in [-0.2, 0) is 4.79 Å². The molecule has 1 heterocycles. The first-order valence-corrected chi connectivity index (χ1v) is 10.1. The van der Waals surface area contributed by atoms with E-state index in [2.05, 4.69) is 10.2 Å². The number of rotatable bonds is 7. The summed E-state index contributed by atoms with van der Waals surface area (Å²) in [6.07, 6.45) is 0. The minimum atomic E-state index is -0.389. The highest BCUT2D eigenvalue weighted by molar-refractivity contribution is 5.94. The Bertz CT molecular complexity index is 910. The van der Waals surface area contributed by atoms with Gasteiger partial charge in [-0.25, -0.2) is 4.39 Å². The molecule has 0 aliphatic carbocycles. The van der Waals surface area contributed by atoms with Gasteiger partial charge in [0.15, 0.2) is 5.78 Å². The number of benzene rings is 2. The predicted molar refractivity (Wildman–Crippen MR) is 115 cm³/mol. The molecule has 160 valence electrons. The molecule has 0 spiro atoms. The smallest absolute Gasteiger partial charge is 0.234 e. The highest BCUT2D eigenvalue weighted by Crippen LogP contribution is 2.25. The predicted octanol–water partition coefficient (Wildman–Crippen LogP) is 3.04. The highest BCUT2D eigenvalue weighted by atomic mass is 19.1. The number of Topliss-reactive ketones (excluding diaryl/α,β-unsaturated/α-hetero) is 1. The maximum atomic E-state index is 14.4. The van der Waals surface area contributed by atoms with E-state index in [1.807, 2.05) is 36.1 Å². The second-order valence-electron chi connectivity index (χ2n) is 7.52. The molecule has 1 aliphatic heterocycles. The Labute approximate surface area is 176 Å². The van der Waals surface area contributed by atoms with Crippen molar-refractivity contribution < 1.29 is 18.7 Å². The molecular weight excluding hydrogens is 385 g/mol. The van der Waals surface area contributed by atoms with Gasteiger partial charge in [0.2, 0.25) is 5.91 Å². The average Bonchev–Trinajstić information content (AvgIpc) is 2.74. The molecule has 1 saturated heterocycles. The summed E-state index contributed by atoms with van der Waals surface area (Å²) in [6.45, 7) is 6.19. The third-order valence-corrected chi connectivity index (χ3v) is 5.42. The minimum absolute atomic E-state index is 0.0566. The number of para-hydroxylation sites is 1. The number of nitrogens with one attached hydrogen (secondary N) is 1. The van der Waals surface area contributed by atoms with Crippen LogP contribution in [0, 0.1) is 5.82 Å². The number of carbonyl (C=O) groups is 2. The van der Waals surface area contributed by atoms with Gasteiger partial charge >= 0.3 is 0 Å². The lowest BCUT2D eigenvalue weighted by Gasteiger charge is -2.36. The van der Waals surface area contributed by atoms with Crippen LogP contribution in [-0.4, -0.2) is 56.4 Å².